The molecule has 0 aliphatic rings. The fraction of sp³-hybridized carbons (Fsp3) is 0. The van der Waals surface area contributed by atoms with Crippen LogP contribution >= 0.6 is 39.1 Å². The van der Waals surface area contributed by atoms with Gasteiger partial charge in [0.15, 0.2) is 5.69 Å². The molecule has 0 radical (unpaired) electrons. The van der Waals surface area contributed by atoms with Crippen molar-refractivity contribution in [3.05, 3.63) is 68.7 Å². The lowest BCUT2D eigenvalue weighted by molar-refractivity contribution is 0.0687. The molecule has 3 rings (SSSR count). The van der Waals surface area contributed by atoms with Gasteiger partial charge in [0, 0.05) is 15.1 Å². The van der Waals surface area contributed by atoms with Crippen LogP contribution in [0, 0.1) is 0 Å². The predicted octanol–water partition coefficient (Wildman–Crippen LogP) is 5.31. The molecule has 0 aliphatic heterocycles. The van der Waals surface area contributed by atoms with Crippen LogP contribution in [0.4, 0.5) is 0 Å². The first kappa shape index (κ1) is 16.1. The van der Waals surface area contributed by atoms with E-state index in [2.05, 4.69) is 21.0 Å². The summed E-state index contributed by atoms with van der Waals surface area (Å²) in [5.74, 6) is -1.07. The van der Waals surface area contributed by atoms with Crippen molar-refractivity contribution < 1.29 is 9.90 Å². The number of aromatic carboxylic acids is 1. The second-order valence-corrected chi connectivity index (χ2v) is 6.49. The molecule has 0 saturated heterocycles. The lowest BCUT2D eigenvalue weighted by Crippen LogP contribution is -2.07. The van der Waals surface area contributed by atoms with Crippen LogP contribution < -0.4 is 0 Å². The van der Waals surface area contributed by atoms with Gasteiger partial charge in [0.25, 0.3) is 0 Å². The van der Waals surface area contributed by atoms with Crippen molar-refractivity contribution in [3.8, 4) is 16.9 Å². The molecule has 0 saturated carbocycles. The zero-order valence-corrected chi connectivity index (χ0v) is 14.6. The zero-order valence-electron chi connectivity index (χ0n) is 11.5. The molecular formula is C16H9BrCl2N2O2. The summed E-state index contributed by atoms with van der Waals surface area (Å²) in [7, 11) is 0. The summed E-state index contributed by atoms with van der Waals surface area (Å²) in [6.07, 6.45) is 0. The molecule has 0 unspecified atom stereocenters. The maximum Gasteiger partial charge on any atom is 0.354 e. The number of rotatable bonds is 3. The van der Waals surface area contributed by atoms with E-state index in [4.69, 9.17) is 23.2 Å². The fourth-order valence-electron chi connectivity index (χ4n) is 2.14. The van der Waals surface area contributed by atoms with Crippen LogP contribution in [0.3, 0.4) is 0 Å². The van der Waals surface area contributed by atoms with Crippen LogP contribution in [-0.2, 0) is 0 Å². The Hall–Kier alpha value is -1.82. The van der Waals surface area contributed by atoms with Crippen LogP contribution in [-0.4, -0.2) is 20.9 Å². The second kappa shape index (κ2) is 6.35. The Bertz CT molecular complexity index is 892. The summed E-state index contributed by atoms with van der Waals surface area (Å²) in [5, 5.41) is 14.7. The second-order valence-electron chi connectivity index (χ2n) is 4.73. The van der Waals surface area contributed by atoms with E-state index in [9.17, 15) is 9.90 Å². The van der Waals surface area contributed by atoms with Crippen molar-refractivity contribution in [3.63, 3.8) is 0 Å². The predicted molar refractivity (Wildman–Crippen MR) is 93.7 cm³/mol. The molecule has 2 aromatic carbocycles. The Balaban J connectivity index is 2.16. The van der Waals surface area contributed by atoms with E-state index in [0.717, 1.165) is 4.47 Å². The third-order valence-electron chi connectivity index (χ3n) is 3.21. The monoisotopic (exact) mass is 410 g/mol. The number of carboxylic acids is 1. The zero-order chi connectivity index (χ0) is 16.6. The molecule has 4 nitrogen and oxygen atoms in total. The number of hydrogen-bond donors (Lipinski definition) is 1. The minimum absolute atomic E-state index is 0.0494. The maximum absolute atomic E-state index is 11.5. The van der Waals surface area contributed by atoms with Gasteiger partial charge < -0.3 is 5.11 Å². The minimum Gasteiger partial charge on any atom is -0.477 e. The molecule has 1 aromatic heterocycles. The summed E-state index contributed by atoms with van der Waals surface area (Å²) >= 11 is 15.4. The third-order valence-corrected chi connectivity index (χ3v) is 4.28. The summed E-state index contributed by atoms with van der Waals surface area (Å²) in [5.41, 5.74) is 1.77. The molecule has 0 fully saturated rings. The van der Waals surface area contributed by atoms with E-state index >= 15 is 0 Å². The van der Waals surface area contributed by atoms with E-state index < -0.39 is 5.97 Å². The van der Waals surface area contributed by atoms with Gasteiger partial charge in [-0.3, -0.25) is 0 Å². The van der Waals surface area contributed by atoms with E-state index in [1.165, 1.54) is 10.7 Å². The summed E-state index contributed by atoms with van der Waals surface area (Å²) < 4.78 is 2.26. The van der Waals surface area contributed by atoms with Crippen molar-refractivity contribution in [1.82, 2.24) is 9.78 Å². The lowest BCUT2D eigenvalue weighted by Gasteiger charge is -2.04. The van der Waals surface area contributed by atoms with Crippen molar-refractivity contribution in [2.24, 2.45) is 0 Å². The molecular weight excluding hydrogens is 403 g/mol. The van der Waals surface area contributed by atoms with E-state index in [0.29, 0.717) is 27.0 Å². The van der Waals surface area contributed by atoms with Gasteiger partial charge in [-0.2, -0.15) is 5.10 Å². The van der Waals surface area contributed by atoms with Crippen molar-refractivity contribution in [2.75, 3.05) is 0 Å². The van der Waals surface area contributed by atoms with Gasteiger partial charge in [-0.05, 0) is 48.5 Å². The molecule has 3 aromatic rings. The Morgan fingerprint density at radius 1 is 1.09 bits per heavy atom. The average Bonchev–Trinajstić information content (AvgIpc) is 2.93. The quantitative estimate of drug-likeness (QED) is 0.635. The maximum atomic E-state index is 11.5. The van der Waals surface area contributed by atoms with Gasteiger partial charge in [0.05, 0.1) is 16.4 Å². The number of hydrogen-bond acceptors (Lipinski definition) is 2. The van der Waals surface area contributed by atoms with Crippen molar-refractivity contribution >= 4 is 45.1 Å². The lowest BCUT2D eigenvalue weighted by atomic mass is 10.1. The van der Waals surface area contributed by atoms with Crippen LogP contribution in [0.1, 0.15) is 10.5 Å². The topological polar surface area (TPSA) is 55.1 Å². The number of carbonyl (C=O) groups is 1. The van der Waals surface area contributed by atoms with E-state index in [1.807, 2.05) is 12.1 Å². The summed E-state index contributed by atoms with van der Waals surface area (Å²) in [4.78, 5) is 11.5. The van der Waals surface area contributed by atoms with Gasteiger partial charge in [-0.15, -0.1) is 0 Å². The van der Waals surface area contributed by atoms with E-state index in [-0.39, 0.29) is 5.69 Å². The molecule has 1 N–H and O–H groups in total. The third kappa shape index (κ3) is 3.27. The molecule has 7 heteroatoms. The first-order chi connectivity index (χ1) is 11.0. The smallest absolute Gasteiger partial charge is 0.354 e. The van der Waals surface area contributed by atoms with Crippen LogP contribution in [0.2, 0.25) is 10.0 Å². The van der Waals surface area contributed by atoms with E-state index in [1.54, 1.807) is 30.3 Å². The highest BCUT2D eigenvalue weighted by atomic mass is 79.9. The Morgan fingerprint density at radius 2 is 1.78 bits per heavy atom. The standard InChI is InChI=1S/C16H9BrCl2N2O2/c17-9-1-4-11(5-2-9)21-15(16(22)23)8-14(20-21)12-6-3-10(18)7-13(12)19/h1-8H,(H,22,23). The molecule has 0 amide bonds. The fourth-order valence-corrected chi connectivity index (χ4v) is 2.91. The minimum atomic E-state index is -1.07. The Morgan fingerprint density at radius 3 is 2.39 bits per heavy atom. The Kier molecular flexibility index (Phi) is 4.43. The molecule has 23 heavy (non-hydrogen) atoms. The number of benzene rings is 2. The highest BCUT2D eigenvalue weighted by molar-refractivity contribution is 9.10. The normalized spacial score (nSPS) is 10.7. The van der Waals surface area contributed by atoms with Gasteiger partial charge in [-0.25, -0.2) is 9.48 Å². The van der Waals surface area contributed by atoms with Crippen molar-refractivity contribution in [2.45, 2.75) is 0 Å². The van der Waals surface area contributed by atoms with Gasteiger partial charge in [-0.1, -0.05) is 39.1 Å². The van der Waals surface area contributed by atoms with Crippen LogP contribution in [0.25, 0.3) is 16.9 Å². The highest BCUT2D eigenvalue weighted by Gasteiger charge is 2.18. The molecule has 116 valence electrons. The van der Waals surface area contributed by atoms with Crippen molar-refractivity contribution in [1.29, 1.82) is 0 Å². The van der Waals surface area contributed by atoms with Gasteiger partial charge in [0.2, 0.25) is 0 Å². The van der Waals surface area contributed by atoms with Gasteiger partial charge >= 0.3 is 5.97 Å². The number of nitrogens with zero attached hydrogens (tertiary/aromatic N) is 2. The molecule has 0 bridgehead atoms. The van der Waals surface area contributed by atoms with Crippen LogP contribution in [0.15, 0.2) is 53.0 Å². The highest BCUT2D eigenvalue weighted by Crippen LogP contribution is 2.30. The molecule has 0 atom stereocenters. The average molecular weight is 412 g/mol. The van der Waals surface area contributed by atoms with Crippen LogP contribution in [0.5, 0.6) is 0 Å². The van der Waals surface area contributed by atoms with Gasteiger partial charge in [0.1, 0.15) is 0 Å². The number of halogens is 3. The number of carboxylic acid groups (broad SMARTS) is 1. The SMILES string of the molecule is O=C(O)c1cc(-c2ccc(Cl)cc2Cl)nn1-c1ccc(Br)cc1. The molecule has 0 spiro atoms. The first-order valence-electron chi connectivity index (χ1n) is 6.50. The molecule has 1 heterocycles. The molecule has 0 aliphatic carbocycles. The summed E-state index contributed by atoms with van der Waals surface area (Å²) in [6.45, 7) is 0. The first-order valence-corrected chi connectivity index (χ1v) is 8.05. The Labute approximate surface area is 150 Å². The number of aromatic nitrogens is 2. The summed E-state index contributed by atoms with van der Waals surface area (Å²) in [6, 6.07) is 13.7. The largest absolute Gasteiger partial charge is 0.477 e.